The third kappa shape index (κ3) is 4.27. The molecule has 5 rings (SSSR count). The number of nitrogens with one attached hydrogen (secondary N) is 1. The van der Waals surface area contributed by atoms with E-state index in [1.165, 1.54) is 39.8 Å². The fourth-order valence-electron chi connectivity index (χ4n) is 4.73. The van der Waals surface area contributed by atoms with E-state index in [4.69, 9.17) is 5.10 Å². The average Bonchev–Trinajstić information content (AvgIpc) is 3.51. The average molecular weight is 453 g/mol. The van der Waals surface area contributed by atoms with Crippen LogP contribution >= 0.6 is 0 Å². The first-order valence-corrected chi connectivity index (χ1v) is 11.5. The third-order valence-electron chi connectivity index (χ3n) is 6.42. The van der Waals surface area contributed by atoms with Crippen LogP contribution in [0.5, 0.6) is 0 Å². The lowest BCUT2D eigenvalue weighted by atomic mass is 10.1. The van der Waals surface area contributed by atoms with E-state index in [0.29, 0.717) is 17.7 Å². The number of rotatable bonds is 5. The van der Waals surface area contributed by atoms with E-state index in [-0.39, 0.29) is 11.6 Å². The molecule has 2 fully saturated rings. The number of alkyl halides is 1. The molecule has 3 aromatic heterocycles. The second kappa shape index (κ2) is 8.33. The van der Waals surface area contributed by atoms with Crippen molar-refractivity contribution in [2.75, 3.05) is 36.4 Å². The van der Waals surface area contributed by atoms with Crippen molar-refractivity contribution < 1.29 is 9.18 Å². The van der Waals surface area contributed by atoms with Gasteiger partial charge in [-0.1, -0.05) is 0 Å². The van der Waals surface area contributed by atoms with E-state index in [9.17, 15) is 9.18 Å². The van der Waals surface area contributed by atoms with Gasteiger partial charge >= 0.3 is 0 Å². The Morgan fingerprint density at radius 2 is 1.97 bits per heavy atom. The first kappa shape index (κ1) is 21.7. The van der Waals surface area contributed by atoms with Gasteiger partial charge in [0.2, 0.25) is 5.91 Å². The Labute approximate surface area is 192 Å². The van der Waals surface area contributed by atoms with Gasteiger partial charge in [-0.15, -0.1) is 5.10 Å². The van der Waals surface area contributed by atoms with Gasteiger partial charge in [-0.2, -0.15) is 0 Å². The molecule has 0 spiro atoms. The number of anilines is 2. The number of hydrogen-bond donors (Lipinski definition) is 1. The van der Waals surface area contributed by atoms with E-state index in [0.717, 1.165) is 49.3 Å². The summed E-state index contributed by atoms with van der Waals surface area (Å²) < 4.78 is 16.2. The van der Waals surface area contributed by atoms with Gasteiger partial charge in [-0.25, -0.2) is 19.0 Å². The summed E-state index contributed by atoms with van der Waals surface area (Å²) in [5.41, 5.74) is -0.664. The van der Waals surface area contributed by atoms with Crippen molar-refractivity contribution in [2.24, 2.45) is 0 Å². The highest BCUT2D eigenvalue weighted by Gasteiger charge is 2.32. The smallest absolute Gasteiger partial charge is 0.222 e. The minimum absolute atomic E-state index is 0.206. The van der Waals surface area contributed by atoms with Crippen LogP contribution in [-0.2, 0) is 10.5 Å². The lowest BCUT2D eigenvalue weighted by Gasteiger charge is -2.23. The van der Waals surface area contributed by atoms with Crippen LogP contribution in [0.15, 0.2) is 24.7 Å². The highest BCUT2D eigenvalue weighted by molar-refractivity contribution is 5.95. The molecular weight excluding hydrogens is 423 g/mol. The molecule has 0 bridgehead atoms. The van der Waals surface area contributed by atoms with Crippen molar-refractivity contribution in [3.05, 3.63) is 30.4 Å². The maximum atomic E-state index is 14.6. The maximum absolute atomic E-state index is 14.6. The van der Waals surface area contributed by atoms with Crippen LogP contribution < -0.4 is 10.2 Å². The van der Waals surface area contributed by atoms with Crippen molar-refractivity contribution in [1.29, 1.82) is 0 Å². The molecule has 174 valence electrons. The topological polar surface area (TPSA) is 92.1 Å². The SMILES string of the molecule is CC(=O)Nc1cc2c(cn1)c(N1CC[C@H](N3CCCC3)C1)nn2-c1cncc(C(C)(C)F)n1. The minimum atomic E-state index is -1.63. The first-order chi connectivity index (χ1) is 15.8. The predicted molar refractivity (Wildman–Crippen MR) is 124 cm³/mol. The van der Waals surface area contributed by atoms with Crippen molar-refractivity contribution in [3.63, 3.8) is 0 Å². The Bertz CT molecular complexity index is 1180. The summed E-state index contributed by atoms with van der Waals surface area (Å²) in [6.07, 6.45) is 8.37. The minimum Gasteiger partial charge on any atom is -0.353 e. The number of fused-ring (bicyclic) bond motifs is 1. The zero-order chi connectivity index (χ0) is 23.2. The summed E-state index contributed by atoms with van der Waals surface area (Å²) >= 11 is 0. The van der Waals surface area contributed by atoms with Gasteiger partial charge in [-0.05, 0) is 46.2 Å². The summed E-state index contributed by atoms with van der Waals surface area (Å²) in [5, 5.41) is 8.48. The lowest BCUT2D eigenvalue weighted by molar-refractivity contribution is -0.114. The highest BCUT2D eigenvalue weighted by Crippen LogP contribution is 2.33. The molecule has 1 atom stereocenters. The molecule has 10 heteroatoms. The van der Waals surface area contributed by atoms with Gasteiger partial charge in [0.25, 0.3) is 0 Å². The van der Waals surface area contributed by atoms with Crippen LogP contribution in [-0.4, -0.2) is 67.8 Å². The van der Waals surface area contributed by atoms with Gasteiger partial charge in [0.15, 0.2) is 11.6 Å². The molecule has 0 radical (unpaired) electrons. The number of aromatic nitrogens is 5. The van der Waals surface area contributed by atoms with Gasteiger partial charge in [0.1, 0.15) is 11.5 Å². The van der Waals surface area contributed by atoms with Crippen LogP contribution in [0.1, 0.15) is 45.7 Å². The van der Waals surface area contributed by atoms with Crippen LogP contribution in [0.2, 0.25) is 0 Å². The van der Waals surface area contributed by atoms with Crippen LogP contribution in [0.3, 0.4) is 0 Å². The van der Waals surface area contributed by atoms with Crippen molar-refractivity contribution >= 4 is 28.4 Å². The molecule has 3 aromatic rings. The zero-order valence-electron chi connectivity index (χ0n) is 19.3. The predicted octanol–water partition coefficient (Wildman–Crippen LogP) is 3.05. The van der Waals surface area contributed by atoms with Gasteiger partial charge < -0.3 is 10.2 Å². The lowest BCUT2D eigenvalue weighted by Crippen LogP contribution is -2.35. The molecule has 1 N–H and O–H groups in total. The van der Waals surface area contributed by atoms with Crippen LogP contribution in [0.25, 0.3) is 16.7 Å². The second-order valence-electron chi connectivity index (χ2n) is 9.37. The molecule has 1 amide bonds. The van der Waals surface area contributed by atoms with Crippen LogP contribution in [0, 0.1) is 0 Å². The van der Waals surface area contributed by atoms with Crippen molar-refractivity contribution in [1.82, 2.24) is 29.6 Å². The second-order valence-corrected chi connectivity index (χ2v) is 9.37. The first-order valence-electron chi connectivity index (χ1n) is 11.5. The fourth-order valence-corrected chi connectivity index (χ4v) is 4.73. The summed E-state index contributed by atoms with van der Waals surface area (Å²) in [5.74, 6) is 1.46. The fraction of sp³-hybridized carbons (Fsp3) is 0.522. The summed E-state index contributed by atoms with van der Waals surface area (Å²) in [6.45, 7) is 8.49. The molecule has 0 aliphatic carbocycles. The van der Waals surface area contributed by atoms with E-state index < -0.39 is 5.67 Å². The molecule has 2 aliphatic rings. The van der Waals surface area contributed by atoms with Crippen molar-refractivity contribution in [2.45, 2.75) is 51.7 Å². The summed E-state index contributed by atoms with van der Waals surface area (Å²) in [4.78, 5) is 29.6. The monoisotopic (exact) mass is 452 g/mol. The molecule has 0 aromatic carbocycles. The molecule has 0 unspecified atom stereocenters. The van der Waals surface area contributed by atoms with E-state index >= 15 is 0 Å². The van der Waals surface area contributed by atoms with E-state index in [2.05, 4.69) is 30.1 Å². The number of halogens is 1. The quantitative estimate of drug-likeness (QED) is 0.636. The number of hydrogen-bond acceptors (Lipinski definition) is 7. The third-order valence-corrected chi connectivity index (χ3v) is 6.42. The van der Waals surface area contributed by atoms with Crippen LogP contribution in [0.4, 0.5) is 16.0 Å². The molecule has 33 heavy (non-hydrogen) atoms. The molecule has 5 heterocycles. The Hall–Kier alpha value is -3.14. The number of nitrogens with zero attached hydrogens (tertiary/aromatic N) is 7. The zero-order valence-corrected chi connectivity index (χ0v) is 19.3. The number of carbonyl (C=O) groups is 1. The Kier molecular flexibility index (Phi) is 5.48. The van der Waals surface area contributed by atoms with Gasteiger partial charge in [-0.3, -0.25) is 14.7 Å². The largest absolute Gasteiger partial charge is 0.353 e. The number of likely N-dealkylation sites (tertiary alicyclic amines) is 1. The van der Waals surface area contributed by atoms with Crippen molar-refractivity contribution in [3.8, 4) is 5.82 Å². The normalized spacial score (nSPS) is 19.5. The molecular formula is C23H29FN8O. The number of pyridine rings is 1. The summed E-state index contributed by atoms with van der Waals surface area (Å²) in [7, 11) is 0. The number of carbonyl (C=O) groups excluding carboxylic acids is 1. The van der Waals surface area contributed by atoms with Gasteiger partial charge in [0, 0.05) is 38.3 Å². The standard InChI is InChI=1S/C23H29FN8O/c1-15(33)27-20-10-18-17(11-26-20)22(31-9-6-16(14-31)30-7-4-5-8-30)29-32(18)21-13-25-12-19(28-21)23(2,3)24/h10-13,16H,4-9,14H2,1-3H3,(H,26,27,33)/t16-/m0/s1. The van der Waals surface area contributed by atoms with E-state index in [1.54, 1.807) is 23.1 Å². The molecule has 2 aliphatic heterocycles. The Morgan fingerprint density at radius 3 is 2.70 bits per heavy atom. The van der Waals surface area contributed by atoms with E-state index in [1.807, 2.05) is 0 Å². The summed E-state index contributed by atoms with van der Waals surface area (Å²) in [6, 6.07) is 2.30. The highest BCUT2D eigenvalue weighted by atomic mass is 19.1. The number of amides is 1. The molecule has 0 saturated carbocycles. The van der Waals surface area contributed by atoms with Gasteiger partial charge in [0.05, 0.1) is 29.0 Å². The Balaban J connectivity index is 1.57. The Morgan fingerprint density at radius 1 is 1.18 bits per heavy atom. The molecule has 9 nitrogen and oxygen atoms in total. The maximum Gasteiger partial charge on any atom is 0.222 e. The molecule has 2 saturated heterocycles.